The molecule has 1 saturated heterocycles. The SMILES string of the molecule is O=C(NNC(=O)C1(C(F)(F)F)CCN(Cc2ccccc2)C1)c1cccc([N+](=O)[O-])c1. The molecule has 0 bridgehead atoms. The summed E-state index contributed by atoms with van der Waals surface area (Å²) in [4.78, 5) is 36.3. The summed E-state index contributed by atoms with van der Waals surface area (Å²) in [6.07, 6.45) is -5.29. The highest BCUT2D eigenvalue weighted by atomic mass is 19.4. The summed E-state index contributed by atoms with van der Waals surface area (Å²) < 4.78 is 41.7. The maximum atomic E-state index is 13.9. The van der Waals surface area contributed by atoms with Crippen LogP contribution in [0, 0.1) is 15.5 Å². The van der Waals surface area contributed by atoms with Crippen LogP contribution >= 0.6 is 0 Å². The number of carbonyl (C=O) groups is 2. The summed E-state index contributed by atoms with van der Waals surface area (Å²) in [7, 11) is 0. The Morgan fingerprint density at radius 1 is 1.10 bits per heavy atom. The maximum Gasteiger partial charge on any atom is 0.404 e. The van der Waals surface area contributed by atoms with Gasteiger partial charge < -0.3 is 0 Å². The first-order chi connectivity index (χ1) is 14.6. The van der Waals surface area contributed by atoms with Crippen LogP contribution in [0.1, 0.15) is 22.3 Å². The quantitative estimate of drug-likeness (QED) is 0.554. The third kappa shape index (κ3) is 4.82. The molecular weight excluding hydrogens is 417 g/mol. The molecule has 0 saturated carbocycles. The number of benzene rings is 2. The van der Waals surface area contributed by atoms with E-state index >= 15 is 0 Å². The van der Waals surface area contributed by atoms with Crippen molar-refractivity contribution in [1.29, 1.82) is 0 Å². The van der Waals surface area contributed by atoms with Gasteiger partial charge in [0.2, 0.25) is 0 Å². The molecule has 0 aromatic heterocycles. The van der Waals surface area contributed by atoms with Crippen molar-refractivity contribution in [3.05, 3.63) is 75.8 Å². The lowest BCUT2D eigenvalue weighted by molar-refractivity contribution is -0.384. The van der Waals surface area contributed by atoms with Crippen molar-refractivity contribution < 1.29 is 27.7 Å². The zero-order valence-electron chi connectivity index (χ0n) is 16.2. The molecule has 2 aromatic carbocycles. The van der Waals surface area contributed by atoms with E-state index in [9.17, 15) is 32.9 Å². The minimum absolute atomic E-state index is 0.0562. The molecule has 164 valence electrons. The van der Waals surface area contributed by atoms with E-state index in [1.54, 1.807) is 30.3 Å². The Morgan fingerprint density at radius 2 is 1.81 bits per heavy atom. The Morgan fingerprint density at radius 3 is 2.45 bits per heavy atom. The van der Waals surface area contributed by atoms with Crippen LogP contribution in [-0.2, 0) is 11.3 Å². The molecule has 0 spiro atoms. The van der Waals surface area contributed by atoms with Crippen LogP contribution in [0.3, 0.4) is 0 Å². The second-order valence-corrected chi connectivity index (χ2v) is 7.24. The number of amides is 2. The molecular formula is C20H19F3N4O4. The number of rotatable bonds is 5. The topological polar surface area (TPSA) is 105 Å². The highest BCUT2D eigenvalue weighted by molar-refractivity contribution is 5.96. The molecule has 0 radical (unpaired) electrons. The van der Waals surface area contributed by atoms with Gasteiger partial charge >= 0.3 is 6.18 Å². The average Bonchev–Trinajstić information content (AvgIpc) is 3.18. The molecule has 1 unspecified atom stereocenters. The Bertz CT molecular complexity index is 984. The minimum Gasteiger partial charge on any atom is -0.298 e. The molecule has 0 aliphatic carbocycles. The molecule has 2 N–H and O–H groups in total. The number of carbonyl (C=O) groups excluding carboxylic acids is 2. The molecule has 1 fully saturated rings. The fraction of sp³-hybridized carbons (Fsp3) is 0.300. The number of hydrogen-bond donors (Lipinski definition) is 2. The van der Waals surface area contributed by atoms with Gasteiger partial charge in [-0.05, 0) is 24.6 Å². The second-order valence-electron chi connectivity index (χ2n) is 7.24. The number of nitrogens with one attached hydrogen (secondary N) is 2. The van der Waals surface area contributed by atoms with Gasteiger partial charge in [-0.3, -0.25) is 35.5 Å². The predicted molar refractivity (Wildman–Crippen MR) is 104 cm³/mol. The predicted octanol–water partition coefficient (Wildman–Crippen LogP) is 2.81. The van der Waals surface area contributed by atoms with Crippen molar-refractivity contribution in [1.82, 2.24) is 15.8 Å². The number of nitrogens with zero attached hydrogens (tertiary/aromatic N) is 2. The first-order valence-electron chi connectivity index (χ1n) is 9.31. The summed E-state index contributed by atoms with van der Waals surface area (Å²) in [6.45, 7) is -0.240. The van der Waals surface area contributed by atoms with Crippen LogP contribution in [0.15, 0.2) is 54.6 Å². The second kappa shape index (κ2) is 8.72. The number of halogens is 3. The van der Waals surface area contributed by atoms with Crippen molar-refractivity contribution in [3.8, 4) is 0 Å². The number of non-ortho nitro benzene ring substituents is 1. The van der Waals surface area contributed by atoms with Crippen molar-refractivity contribution in [2.45, 2.75) is 19.1 Å². The summed E-state index contributed by atoms with van der Waals surface area (Å²) in [6, 6.07) is 13.5. The molecule has 31 heavy (non-hydrogen) atoms. The average molecular weight is 436 g/mol. The molecule has 11 heteroatoms. The Kier molecular flexibility index (Phi) is 6.25. The van der Waals surface area contributed by atoms with E-state index in [0.717, 1.165) is 17.7 Å². The molecule has 1 aliphatic rings. The van der Waals surface area contributed by atoms with Gasteiger partial charge in [-0.25, -0.2) is 0 Å². The van der Waals surface area contributed by atoms with E-state index in [1.165, 1.54) is 17.0 Å². The molecule has 1 atom stereocenters. The van der Waals surface area contributed by atoms with Gasteiger partial charge in [0.05, 0.1) is 4.92 Å². The molecule has 8 nitrogen and oxygen atoms in total. The monoisotopic (exact) mass is 436 g/mol. The van der Waals surface area contributed by atoms with E-state index < -0.39 is 41.3 Å². The van der Waals surface area contributed by atoms with Gasteiger partial charge in [0.1, 0.15) is 0 Å². The van der Waals surface area contributed by atoms with Crippen molar-refractivity contribution in [3.63, 3.8) is 0 Å². The van der Waals surface area contributed by atoms with Gasteiger partial charge in [0, 0.05) is 30.8 Å². The van der Waals surface area contributed by atoms with E-state index in [-0.39, 0.29) is 24.3 Å². The van der Waals surface area contributed by atoms with Crippen LogP contribution in [-0.4, -0.2) is 40.9 Å². The maximum absolute atomic E-state index is 13.9. The lowest BCUT2D eigenvalue weighted by Crippen LogP contribution is -2.56. The first-order valence-corrected chi connectivity index (χ1v) is 9.31. The third-order valence-electron chi connectivity index (χ3n) is 5.18. The van der Waals surface area contributed by atoms with Crippen molar-refractivity contribution in [2.24, 2.45) is 5.41 Å². The zero-order valence-corrected chi connectivity index (χ0v) is 16.2. The van der Waals surface area contributed by atoms with E-state index in [2.05, 4.69) is 0 Å². The van der Waals surface area contributed by atoms with Crippen LogP contribution in [0.4, 0.5) is 18.9 Å². The van der Waals surface area contributed by atoms with Crippen molar-refractivity contribution in [2.75, 3.05) is 13.1 Å². The highest BCUT2D eigenvalue weighted by Crippen LogP contribution is 2.46. The first kappa shape index (κ1) is 22.2. The van der Waals surface area contributed by atoms with E-state index in [1.807, 2.05) is 10.9 Å². The Balaban J connectivity index is 1.69. The molecule has 2 amide bonds. The molecule has 3 rings (SSSR count). The Hall–Kier alpha value is -3.47. The van der Waals surface area contributed by atoms with Gasteiger partial charge in [0.15, 0.2) is 5.41 Å². The zero-order chi connectivity index (χ0) is 22.6. The standard InChI is InChI=1S/C20H19F3N4O4/c21-20(22,23)19(9-10-26(13-19)12-14-5-2-1-3-6-14)18(29)25-24-17(28)15-7-4-8-16(11-15)27(30)31/h1-8,11H,9-10,12-13H2,(H,24,28)(H,25,29). The van der Waals surface area contributed by atoms with Gasteiger partial charge in [-0.1, -0.05) is 36.4 Å². The van der Waals surface area contributed by atoms with Crippen molar-refractivity contribution >= 4 is 17.5 Å². The normalized spacial score (nSPS) is 19.1. The number of nitro benzene ring substituents is 1. The number of hydrogen-bond acceptors (Lipinski definition) is 5. The summed E-state index contributed by atoms with van der Waals surface area (Å²) in [5.74, 6) is -2.34. The number of hydrazine groups is 1. The van der Waals surface area contributed by atoms with Gasteiger partial charge in [-0.2, -0.15) is 13.2 Å². The number of likely N-dealkylation sites (tertiary alicyclic amines) is 1. The van der Waals surface area contributed by atoms with Gasteiger partial charge in [0.25, 0.3) is 17.5 Å². The third-order valence-corrected chi connectivity index (χ3v) is 5.18. The largest absolute Gasteiger partial charge is 0.404 e. The van der Waals surface area contributed by atoms with Crippen LogP contribution < -0.4 is 10.9 Å². The molecule has 1 heterocycles. The van der Waals surface area contributed by atoms with Crippen LogP contribution in [0.2, 0.25) is 0 Å². The van der Waals surface area contributed by atoms with Gasteiger partial charge in [-0.15, -0.1) is 0 Å². The Labute approximate surface area is 175 Å². The highest BCUT2D eigenvalue weighted by Gasteiger charge is 2.63. The van der Waals surface area contributed by atoms with Crippen LogP contribution in [0.5, 0.6) is 0 Å². The molecule has 1 aliphatic heterocycles. The van der Waals surface area contributed by atoms with E-state index in [4.69, 9.17) is 0 Å². The fourth-order valence-electron chi connectivity index (χ4n) is 3.48. The number of alkyl halides is 3. The summed E-state index contributed by atoms with van der Waals surface area (Å²) in [5.41, 5.74) is 1.37. The summed E-state index contributed by atoms with van der Waals surface area (Å²) in [5, 5.41) is 10.8. The lowest BCUT2D eigenvalue weighted by atomic mass is 9.85. The summed E-state index contributed by atoms with van der Waals surface area (Å²) >= 11 is 0. The minimum atomic E-state index is -4.83. The number of nitro groups is 1. The smallest absolute Gasteiger partial charge is 0.298 e. The van der Waals surface area contributed by atoms with E-state index in [0.29, 0.717) is 0 Å². The lowest BCUT2D eigenvalue weighted by Gasteiger charge is -2.30. The molecule has 2 aromatic rings. The van der Waals surface area contributed by atoms with Crippen LogP contribution in [0.25, 0.3) is 0 Å². The fourth-order valence-corrected chi connectivity index (χ4v) is 3.48.